The van der Waals surface area contributed by atoms with Crippen LogP contribution in [0.25, 0.3) is 66.7 Å². The summed E-state index contributed by atoms with van der Waals surface area (Å²) in [6, 6.07) is 52.8. The molecule has 3 heterocycles. The van der Waals surface area contributed by atoms with Gasteiger partial charge in [-0.25, -0.2) is 0 Å². The molecule has 5 aromatic carbocycles. The van der Waals surface area contributed by atoms with Gasteiger partial charge in [-0.05, 0) is 39.9 Å². The molecule has 0 aliphatic heterocycles. The Morgan fingerprint density at radius 1 is 0.615 bits per heavy atom. The van der Waals surface area contributed by atoms with E-state index in [1.54, 1.807) is 0 Å². The van der Waals surface area contributed by atoms with Crippen LogP contribution in [0.1, 0.15) is 26.3 Å². The number of nitrogens with zero attached hydrogens (tertiary/aromatic N) is 2. The first-order valence-corrected chi connectivity index (χ1v) is 24.8. The van der Waals surface area contributed by atoms with Crippen molar-refractivity contribution in [3.05, 3.63) is 164 Å². The van der Waals surface area contributed by atoms with E-state index in [1.807, 2.05) is 36.7 Å². The van der Waals surface area contributed by atoms with E-state index in [0.29, 0.717) is 0 Å². The number of pyridine rings is 2. The summed E-state index contributed by atoms with van der Waals surface area (Å²) in [5.74, 6) is 7.16. The van der Waals surface area contributed by atoms with Crippen molar-refractivity contribution in [2.45, 2.75) is 43.5 Å². The van der Waals surface area contributed by atoms with E-state index in [0.717, 1.165) is 50.0 Å². The molecule has 0 aliphatic rings. The van der Waals surface area contributed by atoms with Gasteiger partial charge in [0, 0.05) is 31.7 Å². The number of hydrogen-bond acceptors (Lipinski definition) is 3. The zero-order chi connectivity index (χ0) is 35.6. The van der Waals surface area contributed by atoms with Crippen LogP contribution in [0.15, 0.2) is 150 Å². The van der Waals surface area contributed by atoms with Gasteiger partial charge in [-0.15, -0.1) is 18.2 Å². The van der Waals surface area contributed by atoms with Crippen molar-refractivity contribution >= 4 is 39.6 Å². The van der Waals surface area contributed by atoms with Crippen molar-refractivity contribution in [1.82, 2.24) is 9.97 Å². The van der Waals surface area contributed by atoms with E-state index < -0.39 is 13.3 Å². The van der Waals surface area contributed by atoms with Crippen LogP contribution in [0.2, 0.25) is 17.3 Å². The van der Waals surface area contributed by atoms with Crippen molar-refractivity contribution in [2.75, 3.05) is 0 Å². The minimum absolute atomic E-state index is 0. The van der Waals surface area contributed by atoms with E-state index >= 15 is 0 Å². The van der Waals surface area contributed by atoms with E-state index in [9.17, 15) is 0 Å². The van der Waals surface area contributed by atoms with Crippen LogP contribution in [0.5, 0.6) is 0 Å². The standard InChI is InChI=1S/C27H22NO.C20H20GeN.Ir/c1-27(2,3)20-14-15-28-24(17-20)23-11-7-10-22-21-13-12-19(16-25(21)29-26(22)23)18-8-5-4-6-9-18;1-21(2,3)19-13-14-20(22-15-19)18-11-9-17(10-12-18)16-7-5-4-6-8-16;/h4-10,12-17H,1-3H3;4-11,13-15H,1-3H3;/q2*-1;. The largest absolute Gasteiger partial charge is 0 e. The summed E-state index contributed by atoms with van der Waals surface area (Å²) in [6.45, 7) is 6.63. The molecule has 0 saturated heterocycles. The molecule has 8 rings (SSSR count). The van der Waals surface area contributed by atoms with Gasteiger partial charge < -0.3 is 9.40 Å². The second kappa shape index (κ2) is 15.6. The van der Waals surface area contributed by atoms with Crippen LogP contribution in [-0.4, -0.2) is 23.2 Å². The molecule has 0 spiro atoms. The molecule has 0 N–H and O–H groups in total. The van der Waals surface area contributed by atoms with Crippen LogP contribution in [0.4, 0.5) is 0 Å². The van der Waals surface area contributed by atoms with Gasteiger partial charge in [0.15, 0.2) is 0 Å². The minimum atomic E-state index is -1.78. The molecule has 5 heteroatoms. The molecule has 8 aromatic rings. The summed E-state index contributed by atoms with van der Waals surface area (Å²) >= 11 is -1.78. The molecular formula is C47H42GeIrN2O-2. The Hall–Kier alpha value is -4.61. The quantitative estimate of drug-likeness (QED) is 0.128. The van der Waals surface area contributed by atoms with Crippen LogP contribution in [0, 0.1) is 12.1 Å². The van der Waals surface area contributed by atoms with Crippen molar-refractivity contribution in [3.8, 4) is 44.8 Å². The number of fused-ring (bicyclic) bond motifs is 3. The topological polar surface area (TPSA) is 38.9 Å². The Balaban J connectivity index is 0.000000182. The molecule has 3 aromatic heterocycles. The maximum atomic E-state index is 6.35. The van der Waals surface area contributed by atoms with Crippen LogP contribution in [-0.2, 0) is 25.5 Å². The number of rotatable bonds is 5. The second-order valence-corrected chi connectivity index (χ2v) is 25.6. The Bertz CT molecular complexity index is 2410. The fourth-order valence-electron chi connectivity index (χ4n) is 6.17. The van der Waals surface area contributed by atoms with Crippen molar-refractivity contribution in [3.63, 3.8) is 0 Å². The van der Waals surface area contributed by atoms with Gasteiger partial charge in [0.05, 0.1) is 5.58 Å². The molecule has 0 atom stereocenters. The average molecular weight is 916 g/mol. The molecule has 3 nitrogen and oxygen atoms in total. The summed E-state index contributed by atoms with van der Waals surface area (Å²) in [7, 11) is 0. The molecule has 0 saturated carbocycles. The van der Waals surface area contributed by atoms with Crippen LogP contribution in [0.3, 0.4) is 0 Å². The van der Waals surface area contributed by atoms with Gasteiger partial charge in [-0.1, -0.05) is 80.3 Å². The molecule has 0 amide bonds. The van der Waals surface area contributed by atoms with Gasteiger partial charge in [-0.2, -0.15) is 0 Å². The van der Waals surface area contributed by atoms with E-state index in [1.165, 1.54) is 26.6 Å². The first-order chi connectivity index (χ1) is 24.5. The molecule has 0 bridgehead atoms. The van der Waals surface area contributed by atoms with Crippen molar-refractivity contribution in [2.24, 2.45) is 0 Å². The van der Waals surface area contributed by atoms with Gasteiger partial charge in [0.2, 0.25) is 0 Å². The molecular weight excluding hydrogens is 873 g/mol. The van der Waals surface area contributed by atoms with Gasteiger partial charge >= 0.3 is 135 Å². The Kier molecular flexibility index (Phi) is 11.1. The zero-order valence-corrected chi connectivity index (χ0v) is 35.0. The molecule has 0 unspecified atom stereocenters. The van der Waals surface area contributed by atoms with Gasteiger partial charge in [0.25, 0.3) is 0 Å². The Morgan fingerprint density at radius 2 is 1.31 bits per heavy atom. The zero-order valence-electron chi connectivity index (χ0n) is 30.5. The summed E-state index contributed by atoms with van der Waals surface area (Å²) in [6.07, 6.45) is 3.92. The maximum Gasteiger partial charge on any atom is 0 e. The molecule has 1 radical (unpaired) electrons. The van der Waals surface area contributed by atoms with E-state index in [-0.39, 0.29) is 25.5 Å². The summed E-state index contributed by atoms with van der Waals surface area (Å²) in [5, 5.41) is 2.21. The third-order valence-corrected chi connectivity index (χ3v) is 13.5. The van der Waals surface area contributed by atoms with E-state index in [4.69, 9.17) is 4.42 Å². The summed E-state index contributed by atoms with van der Waals surface area (Å²) in [5.41, 5.74) is 11.6. The Morgan fingerprint density at radius 3 is 1.92 bits per heavy atom. The predicted molar refractivity (Wildman–Crippen MR) is 217 cm³/mol. The van der Waals surface area contributed by atoms with Gasteiger partial charge in [0.1, 0.15) is 5.58 Å². The molecule has 0 fully saturated rings. The third-order valence-electron chi connectivity index (χ3n) is 9.25. The van der Waals surface area contributed by atoms with E-state index in [2.05, 4.69) is 169 Å². The second-order valence-electron chi connectivity index (χ2n) is 15.0. The monoisotopic (exact) mass is 917 g/mol. The number of furan rings is 1. The summed E-state index contributed by atoms with van der Waals surface area (Å²) < 4.78 is 7.79. The molecule has 0 aliphatic carbocycles. The van der Waals surface area contributed by atoms with Crippen molar-refractivity contribution in [1.29, 1.82) is 0 Å². The summed E-state index contributed by atoms with van der Waals surface area (Å²) in [4.78, 5) is 9.25. The number of aromatic nitrogens is 2. The smallest absolute Gasteiger partial charge is 0 e. The average Bonchev–Trinajstić information content (AvgIpc) is 3.54. The van der Waals surface area contributed by atoms with Crippen molar-refractivity contribution < 1.29 is 24.5 Å². The fraction of sp³-hybridized carbons (Fsp3) is 0.149. The SMILES string of the molecule is CC(C)(C)c1ccnc(-c2[c-]ccc3c2oc2cc(-c4ccccc4)ccc23)c1.[CH3][Ge]([CH3])([CH3])[c]1ccc(-c2[c-]cc(-c3ccccc3)cc2)nc1.[Ir]. The van der Waals surface area contributed by atoms with Gasteiger partial charge in [-0.3, -0.25) is 0 Å². The maximum absolute atomic E-state index is 6.35. The Labute approximate surface area is 323 Å². The minimum Gasteiger partial charge on any atom is 0 e. The predicted octanol–water partition coefficient (Wildman–Crippen LogP) is 12.2. The van der Waals surface area contributed by atoms with Crippen LogP contribution < -0.4 is 4.40 Å². The van der Waals surface area contributed by atoms with Crippen LogP contribution >= 0.6 is 0 Å². The fourth-order valence-corrected chi connectivity index (χ4v) is 8.34. The normalized spacial score (nSPS) is 11.5. The number of benzene rings is 5. The first kappa shape index (κ1) is 37.2. The molecule has 261 valence electrons. The third kappa shape index (κ3) is 8.21. The molecule has 52 heavy (non-hydrogen) atoms. The first-order valence-electron chi connectivity index (χ1n) is 17.5. The number of hydrogen-bond donors (Lipinski definition) is 0.